The number of hydrogen-bond acceptors (Lipinski definition) is 14. The minimum absolute atomic E-state index is 0.0474. The highest BCUT2D eigenvalue weighted by Crippen LogP contribution is 2.49. The average molecular weight is 981 g/mol. The van der Waals surface area contributed by atoms with Gasteiger partial charge in [-0.2, -0.15) is 0 Å². The van der Waals surface area contributed by atoms with Gasteiger partial charge in [0.1, 0.15) is 43.2 Å². The predicted octanol–water partition coefficient (Wildman–Crippen LogP) is 8.03. The summed E-state index contributed by atoms with van der Waals surface area (Å²) in [5.74, 6) is -1.30. The maximum Gasteiger partial charge on any atom is 0.472 e. The number of phosphoric acid groups is 2. The molecule has 17 nitrogen and oxygen atoms in total. The van der Waals surface area contributed by atoms with Crippen LogP contribution in [-0.2, 0) is 41.8 Å². The Kier molecular flexibility index (Phi) is 35.1. The lowest BCUT2D eigenvalue weighted by molar-refractivity contribution is -0.216. The molecule has 0 amide bonds. The molecule has 382 valence electrons. The fourth-order valence-corrected chi connectivity index (χ4v) is 8.39. The van der Waals surface area contributed by atoms with E-state index >= 15 is 0 Å². The van der Waals surface area contributed by atoms with Crippen molar-refractivity contribution >= 4 is 27.6 Å². The molecule has 0 aromatic rings. The Hall–Kier alpha value is -2.34. The maximum absolute atomic E-state index is 13.0. The van der Waals surface area contributed by atoms with Crippen LogP contribution in [0, 0.1) is 0 Å². The van der Waals surface area contributed by atoms with E-state index in [4.69, 9.17) is 18.5 Å². The number of unbranched alkanes of at least 4 members (excludes halogenated alkanes) is 13. The van der Waals surface area contributed by atoms with Crippen LogP contribution < -0.4 is 0 Å². The molecule has 1 aliphatic rings. The summed E-state index contributed by atoms with van der Waals surface area (Å²) in [6, 6.07) is 0. The number of phosphoric ester groups is 2. The number of hydrogen-bond donors (Lipinski definition) is 8. The van der Waals surface area contributed by atoms with E-state index in [1.165, 1.54) is 38.5 Å². The van der Waals surface area contributed by atoms with Crippen LogP contribution in [-0.4, -0.2) is 114 Å². The highest BCUT2D eigenvalue weighted by Gasteiger charge is 2.54. The van der Waals surface area contributed by atoms with Gasteiger partial charge in [0.15, 0.2) is 6.10 Å². The second kappa shape index (κ2) is 37.5. The van der Waals surface area contributed by atoms with E-state index in [-0.39, 0.29) is 18.9 Å². The second-order valence-electron chi connectivity index (χ2n) is 16.8. The molecular weight excluding hydrogens is 898 g/mol. The molecule has 0 heterocycles. The lowest BCUT2D eigenvalue weighted by Crippen LogP contribution is -2.64. The third-order valence-corrected chi connectivity index (χ3v) is 12.1. The molecule has 0 saturated heterocycles. The monoisotopic (exact) mass is 981 g/mol. The van der Waals surface area contributed by atoms with Crippen molar-refractivity contribution in [3.8, 4) is 0 Å². The number of allylic oxidation sites excluding steroid dienone is 10. The van der Waals surface area contributed by atoms with E-state index in [0.29, 0.717) is 25.7 Å². The van der Waals surface area contributed by atoms with Gasteiger partial charge in [0.05, 0.1) is 12.7 Å². The number of rotatable bonds is 39. The third kappa shape index (κ3) is 32.4. The molecule has 0 bridgehead atoms. The quantitative estimate of drug-likeness (QED) is 0.0125. The topological polar surface area (TPSA) is 276 Å². The first-order chi connectivity index (χ1) is 31.5. The highest BCUT2D eigenvalue weighted by atomic mass is 31.2. The van der Waals surface area contributed by atoms with Crippen LogP contribution in [0.4, 0.5) is 0 Å². The Balaban J connectivity index is 2.64. The zero-order chi connectivity index (χ0) is 49.1. The number of carbonyl (C=O) groups excluding carboxylic acids is 2. The molecule has 1 rings (SSSR count). The summed E-state index contributed by atoms with van der Waals surface area (Å²) >= 11 is 0. The van der Waals surface area contributed by atoms with Crippen molar-refractivity contribution in [3.05, 3.63) is 60.8 Å². The van der Waals surface area contributed by atoms with E-state index in [0.717, 1.165) is 70.6 Å². The van der Waals surface area contributed by atoms with Crippen LogP contribution in [0.1, 0.15) is 162 Å². The zero-order valence-corrected chi connectivity index (χ0v) is 41.0. The molecule has 66 heavy (non-hydrogen) atoms. The molecule has 19 heteroatoms. The van der Waals surface area contributed by atoms with Gasteiger partial charge in [-0.3, -0.25) is 23.2 Å². The van der Waals surface area contributed by atoms with Crippen LogP contribution in [0.25, 0.3) is 0 Å². The van der Waals surface area contributed by atoms with E-state index in [2.05, 4.69) is 54.0 Å². The first-order valence-electron chi connectivity index (χ1n) is 23.9. The number of aliphatic hydroxyl groups excluding tert-OH is 5. The van der Waals surface area contributed by atoms with Crippen molar-refractivity contribution in [1.82, 2.24) is 0 Å². The normalized spacial score (nSPS) is 22.5. The van der Waals surface area contributed by atoms with E-state index < -0.39 is 83.5 Å². The Labute approximate surface area is 392 Å². The fraction of sp³-hybridized carbons (Fsp3) is 0.745. The summed E-state index contributed by atoms with van der Waals surface area (Å²) in [5, 5.41) is 50.5. The van der Waals surface area contributed by atoms with Gasteiger partial charge in [-0.05, 0) is 90.4 Å². The van der Waals surface area contributed by atoms with Gasteiger partial charge in [-0.1, -0.05) is 119 Å². The van der Waals surface area contributed by atoms with Crippen LogP contribution in [0.5, 0.6) is 0 Å². The molecule has 9 atom stereocenters. The van der Waals surface area contributed by atoms with Gasteiger partial charge in [0.25, 0.3) is 0 Å². The van der Waals surface area contributed by atoms with E-state index in [1.807, 2.05) is 18.2 Å². The van der Waals surface area contributed by atoms with Gasteiger partial charge in [0.2, 0.25) is 0 Å². The number of ether oxygens (including phenoxy) is 2. The van der Waals surface area contributed by atoms with E-state index in [1.54, 1.807) is 6.92 Å². The molecule has 5 unspecified atom stereocenters. The summed E-state index contributed by atoms with van der Waals surface area (Å²) in [6.07, 6.45) is 26.0. The summed E-state index contributed by atoms with van der Waals surface area (Å²) in [4.78, 5) is 54.2. The van der Waals surface area contributed by atoms with Gasteiger partial charge < -0.3 is 49.7 Å². The molecule has 0 aromatic heterocycles. The average Bonchev–Trinajstić information content (AvgIpc) is 3.26. The summed E-state index contributed by atoms with van der Waals surface area (Å²) < 4.78 is 49.3. The molecule has 0 spiro atoms. The fourth-order valence-electron chi connectivity index (χ4n) is 6.85. The molecule has 1 fully saturated rings. The summed E-state index contributed by atoms with van der Waals surface area (Å²) in [6.45, 7) is 2.60. The summed E-state index contributed by atoms with van der Waals surface area (Å²) in [7, 11) is -10.7. The Morgan fingerprint density at radius 3 is 1.55 bits per heavy atom. The van der Waals surface area contributed by atoms with E-state index in [9.17, 15) is 58.9 Å². The molecule has 0 aromatic carbocycles. The lowest BCUT2D eigenvalue weighted by atomic mass is 9.85. The maximum atomic E-state index is 13.0. The van der Waals surface area contributed by atoms with Crippen molar-refractivity contribution in [2.24, 2.45) is 0 Å². The zero-order valence-electron chi connectivity index (χ0n) is 39.2. The largest absolute Gasteiger partial charge is 0.472 e. The Morgan fingerprint density at radius 1 is 0.545 bits per heavy atom. The van der Waals surface area contributed by atoms with Crippen molar-refractivity contribution < 1.29 is 82.0 Å². The standard InChI is InChI=1S/C47H82O17P2/c1-3-4-5-6-7-8-9-10-12-16-19-22-25-28-31-34-40(49)60-36-39(37-61-66(58,59)64-47-44(53)42(51)43(52)46(45(47)54)63-65(55,56)57)62-41(50)35-32-29-26-23-20-17-14-11-13-15-18-21-24-27-30-33-38(2)48/h10,12-15,17,21,23-24,26,38-39,42-48,51-54H,3-9,11,16,18-20,22,25,27-37H2,1-2H3,(H,58,59)(H2,55,56,57)/b12-10-,15-13-,17-14-,24-21-,26-23-/t38-,39+,42?,43?,44?,45?,46+,47-/m0/s1. The van der Waals surface area contributed by atoms with Gasteiger partial charge in [0, 0.05) is 12.8 Å². The summed E-state index contributed by atoms with van der Waals surface area (Å²) in [5.41, 5.74) is 0. The van der Waals surface area contributed by atoms with Crippen molar-refractivity contribution in [2.45, 2.75) is 210 Å². The lowest BCUT2D eigenvalue weighted by Gasteiger charge is -2.43. The first kappa shape index (κ1) is 61.7. The predicted molar refractivity (Wildman–Crippen MR) is 252 cm³/mol. The van der Waals surface area contributed by atoms with Crippen LogP contribution in [0.2, 0.25) is 0 Å². The molecule has 8 N–H and O–H groups in total. The smallest absolute Gasteiger partial charge is 0.462 e. The molecule has 1 aliphatic carbocycles. The molecule has 1 saturated carbocycles. The van der Waals surface area contributed by atoms with Crippen LogP contribution >= 0.6 is 15.6 Å². The number of aliphatic hydroxyl groups is 5. The minimum atomic E-state index is -5.38. The minimum Gasteiger partial charge on any atom is -0.462 e. The van der Waals surface area contributed by atoms with Crippen molar-refractivity contribution in [3.63, 3.8) is 0 Å². The first-order valence-corrected chi connectivity index (χ1v) is 26.9. The SMILES string of the molecule is CCCCCCCC/C=C\CCCCCCCC(=O)OC[C@H](COP(=O)(O)O[C@H]1C(O)C(O)C(O)[C@@H](OP(=O)(O)O)C1O)OC(=O)CCC/C=C\C/C=C\C/C=C\C/C=C\CCC[C@H](C)O. The Morgan fingerprint density at radius 2 is 1.00 bits per heavy atom. The molecule has 0 radical (unpaired) electrons. The van der Waals surface area contributed by atoms with Gasteiger partial charge >= 0.3 is 27.6 Å². The molecular formula is C47H82O17P2. The van der Waals surface area contributed by atoms with Gasteiger partial charge in [-0.15, -0.1) is 0 Å². The number of carbonyl (C=O) groups is 2. The van der Waals surface area contributed by atoms with Crippen LogP contribution in [0.3, 0.4) is 0 Å². The third-order valence-electron chi connectivity index (χ3n) is 10.6. The second-order valence-corrected chi connectivity index (χ2v) is 19.3. The Bertz CT molecular complexity index is 1530. The van der Waals surface area contributed by atoms with Crippen molar-refractivity contribution in [2.75, 3.05) is 13.2 Å². The van der Waals surface area contributed by atoms with Crippen molar-refractivity contribution in [1.29, 1.82) is 0 Å². The van der Waals surface area contributed by atoms with Gasteiger partial charge in [-0.25, -0.2) is 9.13 Å². The molecule has 0 aliphatic heterocycles. The highest BCUT2D eigenvalue weighted by molar-refractivity contribution is 7.47. The number of esters is 2. The van der Waals surface area contributed by atoms with Crippen LogP contribution in [0.15, 0.2) is 60.8 Å².